The van der Waals surface area contributed by atoms with E-state index in [1.54, 1.807) is 31.2 Å². The molecule has 1 aromatic heterocycles. The van der Waals surface area contributed by atoms with Gasteiger partial charge in [-0.2, -0.15) is 13.2 Å². The van der Waals surface area contributed by atoms with Crippen molar-refractivity contribution in [3.05, 3.63) is 93.2 Å². The van der Waals surface area contributed by atoms with Crippen LogP contribution in [0.3, 0.4) is 0 Å². The van der Waals surface area contributed by atoms with E-state index in [2.05, 4.69) is 26.2 Å². The summed E-state index contributed by atoms with van der Waals surface area (Å²) in [4.78, 5) is 17.7. The molecule has 0 aliphatic carbocycles. The number of imidazole rings is 1. The number of carbonyl (C=O) groups excluding carboxylic acids is 1. The summed E-state index contributed by atoms with van der Waals surface area (Å²) in [7, 11) is -1.48. The average molecular weight is 594 g/mol. The SMILES string of the molecule is CCS(=O)(=O)c1ccc(CNC(=O)c2cc(Br)c3c(c2)nc(Cc2ccc(C(F)(F)F)cc2)n3C)cc1. The number of benzene rings is 3. The van der Waals surface area contributed by atoms with Crippen LogP contribution in [0.5, 0.6) is 0 Å². The van der Waals surface area contributed by atoms with Crippen LogP contribution in [0.4, 0.5) is 13.2 Å². The van der Waals surface area contributed by atoms with Gasteiger partial charge in [-0.15, -0.1) is 0 Å². The monoisotopic (exact) mass is 593 g/mol. The number of carbonyl (C=O) groups is 1. The van der Waals surface area contributed by atoms with Gasteiger partial charge < -0.3 is 9.88 Å². The molecule has 1 N–H and O–H groups in total. The van der Waals surface area contributed by atoms with Crippen molar-refractivity contribution in [3.63, 3.8) is 0 Å². The summed E-state index contributed by atoms with van der Waals surface area (Å²) < 4.78 is 64.9. The maximum Gasteiger partial charge on any atom is 0.416 e. The highest BCUT2D eigenvalue weighted by Gasteiger charge is 2.30. The van der Waals surface area contributed by atoms with Crippen LogP contribution in [0.1, 0.15) is 39.8 Å². The molecular formula is C26H23BrF3N3O3S. The summed E-state index contributed by atoms with van der Waals surface area (Å²) in [6.07, 6.45) is -4.07. The summed E-state index contributed by atoms with van der Waals surface area (Å²) in [6, 6.07) is 14.7. The zero-order valence-electron chi connectivity index (χ0n) is 19.9. The molecular weight excluding hydrogens is 571 g/mol. The molecule has 0 fully saturated rings. The number of hydrogen-bond donors (Lipinski definition) is 1. The lowest BCUT2D eigenvalue weighted by Gasteiger charge is -2.09. The third-order valence-corrected chi connectivity index (χ3v) is 8.39. The summed E-state index contributed by atoms with van der Waals surface area (Å²) in [5.41, 5.74) is 2.42. The zero-order valence-corrected chi connectivity index (χ0v) is 22.3. The number of nitrogens with one attached hydrogen (secondary N) is 1. The Morgan fingerprint density at radius 2 is 1.65 bits per heavy atom. The van der Waals surface area contributed by atoms with E-state index in [4.69, 9.17) is 0 Å². The van der Waals surface area contributed by atoms with Crippen molar-refractivity contribution in [2.75, 3.05) is 5.75 Å². The zero-order chi connectivity index (χ0) is 27.0. The Morgan fingerprint density at radius 1 is 1.03 bits per heavy atom. The van der Waals surface area contributed by atoms with Crippen LogP contribution >= 0.6 is 15.9 Å². The molecule has 6 nitrogen and oxygen atoms in total. The number of aromatic nitrogens is 2. The van der Waals surface area contributed by atoms with Gasteiger partial charge >= 0.3 is 6.18 Å². The van der Waals surface area contributed by atoms with E-state index < -0.39 is 21.6 Å². The van der Waals surface area contributed by atoms with Crippen molar-refractivity contribution in [1.29, 1.82) is 0 Å². The maximum absolute atomic E-state index is 12.8. The second-order valence-electron chi connectivity index (χ2n) is 8.51. The minimum Gasteiger partial charge on any atom is -0.348 e. The molecule has 0 bridgehead atoms. The number of aryl methyl sites for hydroxylation is 1. The predicted octanol–water partition coefficient (Wildman–Crippen LogP) is 5.67. The highest BCUT2D eigenvalue weighted by molar-refractivity contribution is 9.10. The normalized spacial score (nSPS) is 12.2. The van der Waals surface area contributed by atoms with Crippen LogP contribution in [-0.4, -0.2) is 29.6 Å². The largest absolute Gasteiger partial charge is 0.416 e. The summed E-state index contributed by atoms with van der Waals surface area (Å²) >= 11 is 3.50. The standard InChI is InChI=1S/C26H23BrF3N3O3S/c1-3-37(35,36)20-10-6-17(7-11-20)15-31-25(34)18-13-21(27)24-22(14-18)32-23(33(24)2)12-16-4-8-19(9-5-16)26(28,29)30/h4-11,13-14H,3,12,15H2,1-2H3,(H,31,34). The highest BCUT2D eigenvalue weighted by atomic mass is 79.9. The lowest BCUT2D eigenvalue weighted by molar-refractivity contribution is -0.137. The third-order valence-electron chi connectivity index (χ3n) is 6.04. The molecule has 0 spiro atoms. The van der Waals surface area contributed by atoms with E-state index >= 15 is 0 Å². The Morgan fingerprint density at radius 3 is 2.24 bits per heavy atom. The third kappa shape index (κ3) is 5.88. The number of nitrogens with zero attached hydrogens (tertiary/aromatic N) is 2. The van der Waals surface area contributed by atoms with E-state index in [9.17, 15) is 26.4 Å². The first kappa shape index (κ1) is 26.9. The van der Waals surface area contributed by atoms with Crippen molar-refractivity contribution >= 4 is 42.7 Å². The molecule has 0 atom stereocenters. The topological polar surface area (TPSA) is 81.1 Å². The van der Waals surface area contributed by atoms with Gasteiger partial charge in [0.15, 0.2) is 9.84 Å². The maximum atomic E-state index is 12.8. The van der Waals surface area contributed by atoms with E-state index in [0.29, 0.717) is 33.4 Å². The van der Waals surface area contributed by atoms with Crippen LogP contribution in [0, 0.1) is 0 Å². The van der Waals surface area contributed by atoms with Gasteiger partial charge in [0.2, 0.25) is 0 Å². The van der Waals surface area contributed by atoms with Crippen LogP contribution in [0.15, 0.2) is 70.0 Å². The van der Waals surface area contributed by atoms with Gasteiger partial charge in [-0.25, -0.2) is 13.4 Å². The van der Waals surface area contributed by atoms with E-state index in [-0.39, 0.29) is 23.1 Å². The average Bonchev–Trinajstić information content (AvgIpc) is 3.17. The molecule has 0 unspecified atom stereocenters. The first-order valence-corrected chi connectivity index (χ1v) is 13.7. The van der Waals surface area contributed by atoms with E-state index in [1.165, 1.54) is 24.3 Å². The van der Waals surface area contributed by atoms with Crippen molar-refractivity contribution in [2.45, 2.75) is 31.0 Å². The van der Waals surface area contributed by atoms with E-state index in [1.807, 2.05) is 11.6 Å². The Kier molecular flexibility index (Phi) is 7.48. The number of alkyl halides is 3. The summed E-state index contributed by atoms with van der Waals surface area (Å²) in [6.45, 7) is 1.79. The Bertz CT molecular complexity index is 1560. The van der Waals surface area contributed by atoms with Crippen molar-refractivity contribution in [1.82, 2.24) is 14.9 Å². The predicted molar refractivity (Wildman–Crippen MR) is 138 cm³/mol. The molecule has 0 saturated heterocycles. The highest BCUT2D eigenvalue weighted by Crippen LogP contribution is 2.30. The number of rotatable bonds is 7. The fourth-order valence-corrected chi connectivity index (χ4v) is 5.49. The van der Waals surface area contributed by atoms with Gasteiger partial charge in [0.1, 0.15) is 5.82 Å². The molecule has 0 saturated carbocycles. The molecule has 0 aliphatic heterocycles. The lowest BCUT2D eigenvalue weighted by atomic mass is 10.1. The minimum atomic E-state index is -4.39. The summed E-state index contributed by atoms with van der Waals surface area (Å²) in [5.74, 6) is 0.318. The van der Waals surface area contributed by atoms with Gasteiger partial charge in [-0.1, -0.05) is 31.2 Å². The van der Waals surface area contributed by atoms with Crippen molar-refractivity contribution < 1.29 is 26.4 Å². The van der Waals surface area contributed by atoms with Crippen LogP contribution in [-0.2, 0) is 36.0 Å². The van der Waals surface area contributed by atoms with Crippen LogP contribution in [0.25, 0.3) is 11.0 Å². The van der Waals surface area contributed by atoms with Gasteiger partial charge in [0.25, 0.3) is 5.91 Å². The number of halogens is 4. The van der Waals surface area contributed by atoms with Crippen LogP contribution in [0.2, 0.25) is 0 Å². The van der Waals surface area contributed by atoms with Gasteiger partial charge in [0.05, 0.1) is 27.2 Å². The molecule has 4 rings (SSSR count). The second-order valence-corrected chi connectivity index (χ2v) is 11.6. The first-order chi connectivity index (χ1) is 17.4. The first-order valence-electron chi connectivity index (χ1n) is 11.3. The van der Waals surface area contributed by atoms with Crippen molar-refractivity contribution in [3.8, 4) is 0 Å². The Hall–Kier alpha value is -3.18. The second kappa shape index (κ2) is 10.3. The van der Waals surface area contributed by atoms with Gasteiger partial charge in [-0.05, 0) is 63.5 Å². The molecule has 37 heavy (non-hydrogen) atoms. The Balaban J connectivity index is 1.50. The van der Waals surface area contributed by atoms with Crippen LogP contribution < -0.4 is 5.32 Å². The molecule has 11 heteroatoms. The molecule has 1 heterocycles. The number of hydrogen-bond acceptors (Lipinski definition) is 4. The quantitative estimate of drug-likeness (QED) is 0.299. The molecule has 1 amide bonds. The molecule has 3 aromatic carbocycles. The molecule has 0 aliphatic rings. The summed E-state index contributed by atoms with van der Waals surface area (Å²) in [5, 5.41) is 2.82. The number of fused-ring (bicyclic) bond motifs is 1. The molecule has 4 aromatic rings. The fraction of sp³-hybridized carbons (Fsp3) is 0.231. The fourth-order valence-electron chi connectivity index (χ4n) is 3.89. The minimum absolute atomic E-state index is 0.0139. The van der Waals surface area contributed by atoms with Crippen molar-refractivity contribution in [2.24, 2.45) is 7.05 Å². The Labute approximate surface area is 220 Å². The smallest absolute Gasteiger partial charge is 0.348 e. The number of sulfone groups is 1. The molecule has 0 radical (unpaired) electrons. The molecule has 194 valence electrons. The van der Waals surface area contributed by atoms with Gasteiger partial charge in [-0.3, -0.25) is 4.79 Å². The number of amides is 1. The lowest BCUT2D eigenvalue weighted by Crippen LogP contribution is -2.22. The van der Waals surface area contributed by atoms with Gasteiger partial charge in [0, 0.05) is 30.0 Å². The van der Waals surface area contributed by atoms with E-state index in [0.717, 1.165) is 23.2 Å².